The van der Waals surface area contributed by atoms with Crippen molar-refractivity contribution in [2.75, 3.05) is 26.3 Å². The molecule has 2 aromatic rings. The first-order valence-corrected chi connectivity index (χ1v) is 10.4. The maximum atomic E-state index is 12.6. The molecule has 1 aromatic heterocycles. The van der Waals surface area contributed by atoms with E-state index in [1.807, 2.05) is 29.6 Å². The Morgan fingerprint density at radius 1 is 1.17 bits per heavy atom. The van der Waals surface area contributed by atoms with E-state index in [1.54, 1.807) is 16.8 Å². The Bertz CT molecular complexity index is 742. The van der Waals surface area contributed by atoms with Gasteiger partial charge in [0.2, 0.25) is 10.0 Å². The summed E-state index contributed by atoms with van der Waals surface area (Å²) in [7, 11) is -3.31. The fourth-order valence-electron chi connectivity index (χ4n) is 2.63. The number of ether oxygens (including phenoxy) is 1. The fraction of sp³-hybridized carbons (Fsp3) is 0.438. The molecule has 24 heavy (non-hydrogen) atoms. The molecule has 6 nitrogen and oxygen atoms in total. The largest absolute Gasteiger partial charge is 0.379 e. The number of morpholine rings is 1. The zero-order chi connectivity index (χ0) is 16.8. The molecule has 1 aliphatic rings. The molecular weight excluding hydrogens is 346 g/mol. The molecule has 1 aromatic carbocycles. The van der Waals surface area contributed by atoms with Gasteiger partial charge in [-0.1, -0.05) is 24.3 Å². The van der Waals surface area contributed by atoms with Gasteiger partial charge in [0, 0.05) is 31.6 Å². The predicted octanol–water partition coefficient (Wildman–Crippen LogP) is 1.59. The molecule has 1 N–H and O–H groups in total. The minimum atomic E-state index is -3.31. The van der Waals surface area contributed by atoms with Gasteiger partial charge in [0.05, 0.1) is 30.2 Å². The third kappa shape index (κ3) is 4.61. The highest BCUT2D eigenvalue weighted by molar-refractivity contribution is 7.88. The van der Waals surface area contributed by atoms with Crippen LogP contribution in [0.5, 0.6) is 0 Å². The van der Waals surface area contributed by atoms with Crippen molar-refractivity contribution in [3.8, 4) is 0 Å². The van der Waals surface area contributed by atoms with Gasteiger partial charge in [-0.3, -0.25) is 0 Å². The standard InChI is InChI=1S/C16H21N3O3S2/c20-24(21,19-5-7-22-8-6-19)12-15-4-2-1-3-14(15)9-17-10-16-11-23-13-18-16/h1-4,11,13,17H,5-10,12H2. The summed E-state index contributed by atoms with van der Waals surface area (Å²) < 4.78 is 32.0. The highest BCUT2D eigenvalue weighted by Crippen LogP contribution is 2.16. The van der Waals surface area contributed by atoms with E-state index in [1.165, 1.54) is 4.31 Å². The number of nitrogens with one attached hydrogen (secondary N) is 1. The third-order valence-electron chi connectivity index (χ3n) is 3.92. The average molecular weight is 367 g/mol. The van der Waals surface area contributed by atoms with E-state index in [2.05, 4.69) is 10.3 Å². The minimum absolute atomic E-state index is 0.0293. The molecule has 0 atom stereocenters. The monoisotopic (exact) mass is 367 g/mol. The normalized spacial score (nSPS) is 16.3. The third-order valence-corrected chi connectivity index (χ3v) is 6.39. The van der Waals surface area contributed by atoms with Crippen LogP contribution in [-0.2, 0) is 33.6 Å². The number of sulfonamides is 1. The van der Waals surface area contributed by atoms with Crippen LogP contribution >= 0.6 is 11.3 Å². The maximum absolute atomic E-state index is 12.6. The topological polar surface area (TPSA) is 71.5 Å². The molecule has 1 saturated heterocycles. The zero-order valence-electron chi connectivity index (χ0n) is 13.3. The summed E-state index contributed by atoms with van der Waals surface area (Å²) in [6.07, 6.45) is 0. The van der Waals surface area contributed by atoms with Crippen LogP contribution in [0.1, 0.15) is 16.8 Å². The Morgan fingerprint density at radius 2 is 1.92 bits per heavy atom. The summed E-state index contributed by atoms with van der Waals surface area (Å²) in [6, 6.07) is 7.68. The van der Waals surface area contributed by atoms with E-state index < -0.39 is 10.0 Å². The summed E-state index contributed by atoms with van der Waals surface area (Å²) in [6.45, 7) is 3.10. The zero-order valence-corrected chi connectivity index (χ0v) is 15.0. The molecular formula is C16H21N3O3S2. The summed E-state index contributed by atoms with van der Waals surface area (Å²) >= 11 is 1.57. The van der Waals surface area contributed by atoms with E-state index in [0.29, 0.717) is 39.4 Å². The van der Waals surface area contributed by atoms with Crippen molar-refractivity contribution in [3.63, 3.8) is 0 Å². The van der Waals surface area contributed by atoms with Crippen LogP contribution in [0, 0.1) is 0 Å². The Balaban J connectivity index is 1.64. The second-order valence-electron chi connectivity index (χ2n) is 5.62. The lowest BCUT2D eigenvalue weighted by molar-refractivity contribution is 0.0729. The molecule has 0 bridgehead atoms. The number of nitrogens with zero attached hydrogens (tertiary/aromatic N) is 2. The van der Waals surface area contributed by atoms with E-state index in [9.17, 15) is 8.42 Å². The number of benzene rings is 1. The summed E-state index contributed by atoms with van der Waals surface area (Å²) in [5, 5.41) is 5.33. The Morgan fingerprint density at radius 3 is 2.62 bits per heavy atom. The van der Waals surface area contributed by atoms with Crippen molar-refractivity contribution >= 4 is 21.4 Å². The van der Waals surface area contributed by atoms with Crippen LogP contribution in [0.4, 0.5) is 0 Å². The van der Waals surface area contributed by atoms with Crippen molar-refractivity contribution in [2.45, 2.75) is 18.8 Å². The predicted molar refractivity (Wildman–Crippen MR) is 94.1 cm³/mol. The quantitative estimate of drug-likeness (QED) is 0.805. The van der Waals surface area contributed by atoms with Crippen molar-refractivity contribution in [1.29, 1.82) is 0 Å². The Labute approximate surface area is 146 Å². The first-order chi connectivity index (χ1) is 11.6. The molecule has 0 saturated carbocycles. The summed E-state index contributed by atoms with van der Waals surface area (Å²) in [5.74, 6) is 0.0293. The first kappa shape index (κ1) is 17.5. The molecule has 2 heterocycles. The van der Waals surface area contributed by atoms with E-state index in [-0.39, 0.29) is 5.75 Å². The SMILES string of the molecule is O=S(=O)(Cc1ccccc1CNCc1cscn1)N1CCOCC1. The maximum Gasteiger partial charge on any atom is 0.218 e. The van der Waals surface area contributed by atoms with Crippen LogP contribution in [0.2, 0.25) is 0 Å². The highest BCUT2D eigenvalue weighted by atomic mass is 32.2. The Hall–Kier alpha value is -1.32. The summed E-state index contributed by atoms with van der Waals surface area (Å²) in [4.78, 5) is 4.23. The minimum Gasteiger partial charge on any atom is -0.379 e. The molecule has 1 fully saturated rings. The molecule has 130 valence electrons. The number of aromatic nitrogens is 1. The molecule has 0 radical (unpaired) electrons. The van der Waals surface area contributed by atoms with Crippen molar-refractivity contribution in [2.24, 2.45) is 0 Å². The van der Waals surface area contributed by atoms with Gasteiger partial charge in [-0.25, -0.2) is 13.4 Å². The lowest BCUT2D eigenvalue weighted by Crippen LogP contribution is -2.41. The van der Waals surface area contributed by atoms with E-state index >= 15 is 0 Å². The van der Waals surface area contributed by atoms with Crippen LogP contribution in [0.25, 0.3) is 0 Å². The molecule has 0 unspecified atom stereocenters. The van der Waals surface area contributed by atoms with Gasteiger partial charge in [-0.15, -0.1) is 11.3 Å². The van der Waals surface area contributed by atoms with Crippen molar-refractivity contribution < 1.29 is 13.2 Å². The van der Waals surface area contributed by atoms with Gasteiger partial charge in [-0.05, 0) is 11.1 Å². The van der Waals surface area contributed by atoms with Gasteiger partial charge < -0.3 is 10.1 Å². The fourth-order valence-corrected chi connectivity index (χ4v) is 4.75. The number of hydrogen-bond donors (Lipinski definition) is 1. The summed E-state index contributed by atoms with van der Waals surface area (Å²) in [5.41, 5.74) is 4.65. The highest BCUT2D eigenvalue weighted by Gasteiger charge is 2.25. The molecule has 0 spiro atoms. The number of hydrogen-bond acceptors (Lipinski definition) is 6. The van der Waals surface area contributed by atoms with Crippen LogP contribution < -0.4 is 5.32 Å². The van der Waals surface area contributed by atoms with Crippen LogP contribution in [-0.4, -0.2) is 44.0 Å². The molecule has 3 rings (SSSR count). The lowest BCUT2D eigenvalue weighted by atomic mass is 10.1. The van der Waals surface area contributed by atoms with Gasteiger partial charge in [0.25, 0.3) is 0 Å². The molecule has 0 amide bonds. The van der Waals surface area contributed by atoms with Gasteiger partial charge in [-0.2, -0.15) is 4.31 Å². The number of rotatable bonds is 7. The second kappa shape index (κ2) is 8.17. The van der Waals surface area contributed by atoms with Gasteiger partial charge in [0.15, 0.2) is 0 Å². The number of thiazole rings is 1. The Kier molecular flexibility index (Phi) is 5.96. The molecule has 0 aliphatic carbocycles. The second-order valence-corrected chi connectivity index (χ2v) is 8.31. The van der Waals surface area contributed by atoms with E-state index in [0.717, 1.165) is 16.8 Å². The van der Waals surface area contributed by atoms with Crippen molar-refractivity contribution in [3.05, 3.63) is 52.0 Å². The lowest BCUT2D eigenvalue weighted by Gasteiger charge is -2.26. The van der Waals surface area contributed by atoms with Gasteiger partial charge in [0.1, 0.15) is 0 Å². The average Bonchev–Trinajstić information content (AvgIpc) is 3.10. The molecule has 8 heteroatoms. The first-order valence-electron chi connectivity index (χ1n) is 7.85. The van der Waals surface area contributed by atoms with Crippen LogP contribution in [0.15, 0.2) is 35.2 Å². The molecule has 1 aliphatic heterocycles. The van der Waals surface area contributed by atoms with Crippen LogP contribution in [0.3, 0.4) is 0 Å². The van der Waals surface area contributed by atoms with E-state index in [4.69, 9.17) is 4.74 Å². The van der Waals surface area contributed by atoms with Crippen molar-refractivity contribution in [1.82, 2.24) is 14.6 Å². The smallest absolute Gasteiger partial charge is 0.218 e. The van der Waals surface area contributed by atoms with Gasteiger partial charge >= 0.3 is 0 Å².